The van der Waals surface area contributed by atoms with Crippen molar-refractivity contribution in [2.24, 2.45) is 17.8 Å². The quantitative estimate of drug-likeness (QED) is 0.335. The average molecular weight is 518 g/mol. The van der Waals surface area contributed by atoms with Crippen molar-refractivity contribution in [2.45, 2.75) is 70.9 Å². The van der Waals surface area contributed by atoms with Crippen molar-refractivity contribution in [3.63, 3.8) is 0 Å². The van der Waals surface area contributed by atoms with Crippen molar-refractivity contribution < 1.29 is 28.6 Å². The molecule has 0 bridgehead atoms. The molecule has 1 aromatic rings. The van der Waals surface area contributed by atoms with Crippen LogP contribution in [0.5, 0.6) is 0 Å². The lowest BCUT2D eigenvalue weighted by molar-refractivity contribution is -0.156. The first-order valence-corrected chi connectivity index (χ1v) is 13.4. The summed E-state index contributed by atoms with van der Waals surface area (Å²) in [4.78, 5) is 42.6. The maximum absolute atomic E-state index is 12.8. The number of aromatic nitrogens is 1. The lowest BCUT2D eigenvalue weighted by atomic mass is 9.83. The van der Waals surface area contributed by atoms with Crippen LogP contribution in [0, 0.1) is 17.8 Å². The van der Waals surface area contributed by atoms with Crippen LogP contribution in [-0.2, 0) is 28.6 Å². The number of hydrogen-bond acceptors (Lipinski definition) is 7. The fourth-order valence-electron chi connectivity index (χ4n) is 5.10. The van der Waals surface area contributed by atoms with Gasteiger partial charge in [0.2, 0.25) is 11.8 Å². The van der Waals surface area contributed by atoms with Gasteiger partial charge in [-0.2, -0.15) is 0 Å². The van der Waals surface area contributed by atoms with E-state index in [1.54, 1.807) is 24.3 Å². The molecule has 2 heterocycles. The van der Waals surface area contributed by atoms with Gasteiger partial charge < -0.3 is 24.4 Å². The fourth-order valence-corrected chi connectivity index (χ4v) is 5.10. The summed E-state index contributed by atoms with van der Waals surface area (Å²) >= 11 is 0. The van der Waals surface area contributed by atoms with Gasteiger partial charge in [-0.3, -0.25) is 19.4 Å². The van der Waals surface area contributed by atoms with Crippen molar-refractivity contribution in [2.75, 3.05) is 40.0 Å². The largest absolute Gasteiger partial charge is 0.460 e. The molecule has 1 saturated heterocycles. The minimum absolute atomic E-state index is 0.0331. The first-order chi connectivity index (χ1) is 17.6. The number of esters is 1. The second-order valence-corrected chi connectivity index (χ2v) is 11.2. The van der Waals surface area contributed by atoms with Gasteiger partial charge in [-0.15, -0.1) is 0 Å². The van der Waals surface area contributed by atoms with E-state index in [0.29, 0.717) is 44.8 Å². The maximum atomic E-state index is 12.8. The van der Waals surface area contributed by atoms with Crippen molar-refractivity contribution in [3.8, 4) is 0 Å². The van der Waals surface area contributed by atoms with Crippen molar-refractivity contribution in [1.29, 1.82) is 0 Å². The Morgan fingerprint density at radius 2 is 1.73 bits per heavy atom. The summed E-state index contributed by atoms with van der Waals surface area (Å²) in [6, 6.07) is 3.43. The molecule has 1 N–H and O–H groups in total. The predicted molar refractivity (Wildman–Crippen MR) is 138 cm³/mol. The van der Waals surface area contributed by atoms with Crippen LogP contribution >= 0.6 is 0 Å². The Kier molecular flexibility index (Phi) is 10.9. The summed E-state index contributed by atoms with van der Waals surface area (Å²) in [5, 5.41) is 2.95. The number of nitrogens with zero attached hydrogens (tertiary/aromatic N) is 2. The normalized spacial score (nSPS) is 24.2. The van der Waals surface area contributed by atoms with Crippen LogP contribution in [0.2, 0.25) is 0 Å². The summed E-state index contributed by atoms with van der Waals surface area (Å²) < 4.78 is 16.9. The molecule has 1 aromatic heterocycles. The van der Waals surface area contributed by atoms with Gasteiger partial charge in [-0.25, -0.2) is 0 Å². The summed E-state index contributed by atoms with van der Waals surface area (Å²) in [6.45, 7) is 8.23. The SMILES string of the molecule is CN1C(=O)C[C@H](C(=O)NCCOCC2CCC(COCCC(=O)OC(C)(C)C)CC2)[C@H]1c1cccnc1. The zero-order chi connectivity index (χ0) is 26.8. The summed E-state index contributed by atoms with van der Waals surface area (Å²) in [5.74, 6) is 0.237. The van der Waals surface area contributed by atoms with Gasteiger partial charge in [0.05, 0.1) is 31.6 Å². The zero-order valence-electron chi connectivity index (χ0n) is 22.7. The highest BCUT2D eigenvalue weighted by atomic mass is 16.6. The number of carbonyl (C=O) groups excluding carboxylic acids is 3. The summed E-state index contributed by atoms with van der Waals surface area (Å²) in [6.07, 6.45) is 8.26. The molecule has 2 atom stereocenters. The Balaban J connectivity index is 1.26. The van der Waals surface area contributed by atoms with E-state index >= 15 is 0 Å². The molecular formula is C28H43N3O6. The van der Waals surface area contributed by atoms with Gasteiger partial charge in [-0.1, -0.05) is 6.07 Å². The molecule has 2 amide bonds. The van der Waals surface area contributed by atoms with E-state index in [1.807, 2.05) is 32.9 Å². The Bertz CT molecular complexity index is 880. The molecule has 1 aliphatic carbocycles. The van der Waals surface area contributed by atoms with E-state index in [1.165, 1.54) is 0 Å². The predicted octanol–water partition coefficient (Wildman–Crippen LogP) is 3.29. The molecule has 0 radical (unpaired) electrons. The zero-order valence-corrected chi connectivity index (χ0v) is 22.7. The third kappa shape index (κ3) is 9.38. The van der Waals surface area contributed by atoms with E-state index in [-0.39, 0.29) is 36.7 Å². The molecule has 3 rings (SSSR count). The standard InChI is InChI=1S/C28H43N3O6/c1-28(2,3)37-25(33)11-14-35-18-20-7-9-21(10-8-20)19-36-15-13-30-27(34)23-16-24(32)31(4)26(23)22-6-5-12-29-17-22/h5-6,12,17,20-21,23,26H,7-11,13-16,18-19H2,1-4H3,(H,30,34)/t20?,21?,23-,26+/m0/s1. The molecule has 1 aliphatic heterocycles. The highest BCUT2D eigenvalue weighted by Crippen LogP contribution is 2.36. The van der Waals surface area contributed by atoms with Crippen molar-refractivity contribution in [1.82, 2.24) is 15.2 Å². The molecule has 0 unspecified atom stereocenters. The van der Waals surface area contributed by atoms with E-state index < -0.39 is 11.5 Å². The summed E-state index contributed by atoms with van der Waals surface area (Å²) in [7, 11) is 1.74. The van der Waals surface area contributed by atoms with E-state index in [4.69, 9.17) is 14.2 Å². The van der Waals surface area contributed by atoms with Crippen LogP contribution in [0.3, 0.4) is 0 Å². The number of ether oxygens (including phenoxy) is 3. The molecule has 206 valence electrons. The minimum Gasteiger partial charge on any atom is -0.460 e. The number of likely N-dealkylation sites (tertiary alicyclic amines) is 1. The number of pyridine rings is 1. The Morgan fingerprint density at radius 1 is 1.08 bits per heavy atom. The molecule has 9 nitrogen and oxygen atoms in total. The number of rotatable bonds is 12. The average Bonchev–Trinajstić information content (AvgIpc) is 3.16. The van der Waals surface area contributed by atoms with Crippen LogP contribution in [0.15, 0.2) is 24.5 Å². The Morgan fingerprint density at radius 3 is 2.32 bits per heavy atom. The topological polar surface area (TPSA) is 107 Å². The molecule has 9 heteroatoms. The van der Waals surface area contributed by atoms with Crippen LogP contribution in [0.1, 0.15) is 70.9 Å². The Hall–Kier alpha value is -2.52. The number of nitrogens with one attached hydrogen (secondary N) is 1. The molecule has 2 fully saturated rings. The Labute approximate surface area is 220 Å². The highest BCUT2D eigenvalue weighted by molar-refractivity contribution is 5.90. The smallest absolute Gasteiger partial charge is 0.308 e. The fraction of sp³-hybridized carbons (Fsp3) is 0.714. The maximum Gasteiger partial charge on any atom is 0.308 e. The van der Waals surface area contributed by atoms with E-state index in [9.17, 15) is 14.4 Å². The highest BCUT2D eigenvalue weighted by Gasteiger charge is 2.42. The summed E-state index contributed by atoms with van der Waals surface area (Å²) in [5.41, 5.74) is 0.413. The van der Waals surface area contributed by atoms with Crippen LogP contribution in [0.4, 0.5) is 0 Å². The number of hydrogen-bond donors (Lipinski definition) is 1. The molecule has 1 saturated carbocycles. The molecule has 0 spiro atoms. The van der Waals surface area contributed by atoms with Gasteiger partial charge in [0.15, 0.2) is 0 Å². The van der Waals surface area contributed by atoms with Crippen molar-refractivity contribution in [3.05, 3.63) is 30.1 Å². The third-order valence-electron chi connectivity index (χ3n) is 7.04. The third-order valence-corrected chi connectivity index (χ3v) is 7.04. The van der Waals surface area contributed by atoms with Crippen molar-refractivity contribution >= 4 is 17.8 Å². The number of amides is 2. The monoisotopic (exact) mass is 517 g/mol. The van der Waals surface area contributed by atoms with Crippen LogP contribution in [0.25, 0.3) is 0 Å². The first-order valence-electron chi connectivity index (χ1n) is 13.4. The van der Waals surface area contributed by atoms with Gasteiger partial charge in [0.25, 0.3) is 0 Å². The second-order valence-electron chi connectivity index (χ2n) is 11.2. The van der Waals surface area contributed by atoms with E-state index in [2.05, 4.69) is 10.3 Å². The van der Waals surface area contributed by atoms with Gasteiger partial charge in [-0.05, 0) is 69.9 Å². The van der Waals surface area contributed by atoms with Crippen LogP contribution in [-0.4, -0.2) is 73.3 Å². The minimum atomic E-state index is -0.458. The second kappa shape index (κ2) is 13.9. The molecular weight excluding hydrogens is 474 g/mol. The van der Waals surface area contributed by atoms with E-state index in [0.717, 1.165) is 31.2 Å². The van der Waals surface area contributed by atoms with Gasteiger partial charge in [0.1, 0.15) is 5.60 Å². The van der Waals surface area contributed by atoms with Gasteiger partial charge in [0, 0.05) is 45.6 Å². The lowest BCUT2D eigenvalue weighted by Crippen LogP contribution is -2.36. The first kappa shape index (κ1) is 29.0. The molecule has 37 heavy (non-hydrogen) atoms. The number of carbonyl (C=O) groups is 3. The lowest BCUT2D eigenvalue weighted by Gasteiger charge is -2.28. The molecule has 0 aromatic carbocycles. The van der Waals surface area contributed by atoms with Gasteiger partial charge >= 0.3 is 5.97 Å². The van der Waals surface area contributed by atoms with Crippen LogP contribution < -0.4 is 5.32 Å². The molecule has 2 aliphatic rings.